The molecule has 0 heterocycles. The predicted molar refractivity (Wildman–Crippen MR) is 105 cm³/mol. The van der Waals surface area contributed by atoms with E-state index < -0.39 is 51.3 Å². The minimum atomic E-state index is -3.98. The first-order valence-electron chi connectivity index (χ1n) is 9.34. The fraction of sp³-hybridized carbons (Fsp3) is 0.350. The average Bonchev–Trinajstić information content (AvgIpc) is 3.10. The number of rotatable bonds is 5. The van der Waals surface area contributed by atoms with Crippen LogP contribution >= 0.6 is 11.6 Å². The standard InChI is InChI=1S/C20H17ClF3NO5S/c21-13-2-1-8(20(28)25-9-4-14(22)17(24)15(23)5-9)3-16(13)31(29,30)7-12-10-6-11(12)19(27)18(10)26/h1-5,10-12,18-19,26-27H,6-7H2,(H,25,28)/t10?,11?,12-,18-,19+. The van der Waals surface area contributed by atoms with E-state index in [4.69, 9.17) is 11.6 Å². The van der Waals surface area contributed by atoms with Crippen LogP contribution in [0.15, 0.2) is 35.2 Å². The summed E-state index contributed by atoms with van der Waals surface area (Å²) in [7, 11) is -3.98. The Labute approximate surface area is 180 Å². The van der Waals surface area contributed by atoms with E-state index in [1.807, 2.05) is 0 Å². The summed E-state index contributed by atoms with van der Waals surface area (Å²) in [6.07, 6.45) is -1.38. The van der Waals surface area contributed by atoms with Crippen LogP contribution in [0.25, 0.3) is 0 Å². The van der Waals surface area contributed by atoms with Crippen molar-refractivity contribution in [3.05, 3.63) is 58.4 Å². The summed E-state index contributed by atoms with van der Waals surface area (Å²) in [5, 5.41) is 21.9. The molecule has 11 heteroatoms. The predicted octanol–water partition coefficient (Wildman–Crippen LogP) is 2.77. The zero-order valence-corrected chi connectivity index (χ0v) is 17.3. The molecule has 2 aromatic rings. The largest absolute Gasteiger partial charge is 0.390 e. The van der Waals surface area contributed by atoms with Crippen LogP contribution in [0.4, 0.5) is 18.9 Å². The number of amides is 1. The molecule has 166 valence electrons. The van der Waals surface area contributed by atoms with Crippen molar-refractivity contribution in [2.45, 2.75) is 23.5 Å². The van der Waals surface area contributed by atoms with Gasteiger partial charge in [-0.1, -0.05) is 11.6 Å². The van der Waals surface area contributed by atoms with Gasteiger partial charge in [0.1, 0.15) is 0 Å². The van der Waals surface area contributed by atoms with Gasteiger partial charge in [0.25, 0.3) is 5.91 Å². The van der Waals surface area contributed by atoms with E-state index in [1.165, 1.54) is 12.1 Å². The first-order valence-corrected chi connectivity index (χ1v) is 11.4. The Balaban J connectivity index is 1.56. The van der Waals surface area contributed by atoms with Crippen molar-refractivity contribution in [2.24, 2.45) is 17.8 Å². The van der Waals surface area contributed by atoms with E-state index in [0.29, 0.717) is 18.6 Å². The molecule has 0 saturated heterocycles. The molecule has 31 heavy (non-hydrogen) atoms. The maximum absolute atomic E-state index is 13.4. The van der Waals surface area contributed by atoms with E-state index in [2.05, 4.69) is 5.32 Å². The highest BCUT2D eigenvalue weighted by Crippen LogP contribution is 2.54. The molecule has 2 unspecified atom stereocenters. The lowest BCUT2D eigenvalue weighted by molar-refractivity contribution is 0.0396. The van der Waals surface area contributed by atoms with Gasteiger partial charge in [-0.05, 0) is 42.4 Å². The average molecular weight is 476 g/mol. The summed E-state index contributed by atoms with van der Waals surface area (Å²) < 4.78 is 65.6. The summed E-state index contributed by atoms with van der Waals surface area (Å²) in [5.41, 5.74) is -0.500. The molecule has 3 aliphatic carbocycles. The Kier molecular flexibility index (Phi) is 5.53. The first kappa shape index (κ1) is 22.1. The number of carbonyl (C=O) groups is 1. The molecule has 3 N–H and O–H groups in total. The van der Waals surface area contributed by atoms with Crippen LogP contribution in [0.1, 0.15) is 16.8 Å². The second-order valence-corrected chi connectivity index (χ2v) is 10.3. The molecule has 1 amide bonds. The summed E-state index contributed by atoms with van der Waals surface area (Å²) in [5.74, 6) is -6.95. The van der Waals surface area contributed by atoms with Crippen molar-refractivity contribution in [3.8, 4) is 0 Å². The van der Waals surface area contributed by atoms with Crippen molar-refractivity contribution >= 4 is 33.0 Å². The molecular weight excluding hydrogens is 459 g/mol. The van der Waals surface area contributed by atoms with Crippen molar-refractivity contribution in [1.29, 1.82) is 0 Å². The summed E-state index contributed by atoms with van der Waals surface area (Å²) in [4.78, 5) is 12.1. The van der Waals surface area contributed by atoms with Gasteiger partial charge in [0.05, 0.1) is 27.9 Å². The monoisotopic (exact) mass is 475 g/mol. The number of fused-ring (bicyclic) bond motifs is 1. The fourth-order valence-corrected chi connectivity index (χ4v) is 6.70. The highest BCUT2D eigenvalue weighted by molar-refractivity contribution is 7.91. The van der Waals surface area contributed by atoms with Gasteiger partial charge in [-0.25, -0.2) is 21.6 Å². The molecule has 2 aromatic carbocycles. The third-order valence-electron chi connectivity index (χ3n) is 6.05. The zero-order valence-electron chi connectivity index (χ0n) is 15.7. The number of benzene rings is 2. The molecule has 3 saturated carbocycles. The van der Waals surface area contributed by atoms with Crippen LogP contribution in [-0.2, 0) is 9.84 Å². The minimum absolute atomic E-state index is 0.122. The van der Waals surface area contributed by atoms with Gasteiger partial charge in [0.15, 0.2) is 27.3 Å². The SMILES string of the molecule is O=C(Nc1cc(F)c(F)c(F)c1)c1ccc(Cl)c(S(=O)(=O)C[C@@H]2C3CC2[C@H](O)[C@@H]3O)c1. The van der Waals surface area contributed by atoms with Gasteiger partial charge in [0, 0.05) is 23.4 Å². The molecule has 6 nitrogen and oxygen atoms in total. The molecule has 0 aliphatic heterocycles. The number of hydrogen-bond donors (Lipinski definition) is 3. The smallest absolute Gasteiger partial charge is 0.255 e. The number of hydrogen-bond acceptors (Lipinski definition) is 5. The molecule has 0 aromatic heterocycles. The molecular formula is C20H17ClF3NO5S. The third kappa shape index (κ3) is 3.82. The molecule has 3 fully saturated rings. The normalized spacial score (nSPS) is 27.1. The zero-order chi connectivity index (χ0) is 22.7. The van der Waals surface area contributed by atoms with Crippen molar-refractivity contribution in [3.63, 3.8) is 0 Å². The van der Waals surface area contributed by atoms with Crippen LogP contribution in [0, 0.1) is 35.2 Å². The number of anilines is 1. The van der Waals surface area contributed by atoms with Gasteiger partial charge in [-0.3, -0.25) is 4.79 Å². The number of aliphatic hydroxyl groups excluding tert-OH is 2. The van der Waals surface area contributed by atoms with Gasteiger partial charge in [0.2, 0.25) is 0 Å². The Morgan fingerprint density at radius 2 is 1.65 bits per heavy atom. The molecule has 2 bridgehead atoms. The maximum Gasteiger partial charge on any atom is 0.255 e. The van der Waals surface area contributed by atoms with E-state index >= 15 is 0 Å². The van der Waals surface area contributed by atoms with E-state index in [-0.39, 0.29) is 38.8 Å². The van der Waals surface area contributed by atoms with E-state index in [1.54, 1.807) is 0 Å². The topological polar surface area (TPSA) is 104 Å². The Morgan fingerprint density at radius 3 is 2.19 bits per heavy atom. The summed E-state index contributed by atoms with van der Waals surface area (Å²) in [6.45, 7) is 0. The number of aliphatic hydroxyl groups is 2. The van der Waals surface area contributed by atoms with Crippen molar-refractivity contribution in [2.75, 3.05) is 11.1 Å². The number of carbonyl (C=O) groups excluding carboxylic acids is 1. The van der Waals surface area contributed by atoms with E-state index in [9.17, 15) is 36.6 Å². The van der Waals surface area contributed by atoms with Crippen LogP contribution in [-0.4, -0.2) is 42.5 Å². The fourth-order valence-electron chi connectivity index (χ4n) is 4.38. The third-order valence-corrected chi connectivity index (χ3v) is 8.33. The van der Waals surface area contributed by atoms with Crippen LogP contribution in [0.3, 0.4) is 0 Å². The Bertz CT molecular complexity index is 1140. The van der Waals surface area contributed by atoms with Crippen LogP contribution in [0.2, 0.25) is 5.02 Å². The second-order valence-electron chi connectivity index (χ2n) is 7.84. The van der Waals surface area contributed by atoms with Gasteiger partial charge < -0.3 is 15.5 Å². The van der Waals surface area contributed by atoms with Crippen LogP contribution < -0.4 is 5.32 Å². The lowest BCUT2D eigenvalue weighted by Crippen LogP contribution is -2.37. The lowest BCUT2D eigenvalue weighted by atomic mass is 9.73. The molecule has 3 aliphatic rings. The lowest BCUT2D eigenvalue weighted by Gasteiger charge is -2.35. The van der Waals surface area contributed by atoms with Gasteiger partial charge in [-0.2, -0.15) is 0 Å². The molecule has 5 atom stereocenters. The van der Waals surface area contributed by atoms with Crippen molar-refractivity contribution in [1.82, 2.24) is 0 Å². The Hall–Kier alpha value is -2.14. The second kappa shape index (κ2) is 7.77. The van der Waals surface area contributed by atoms with E-state index in [0.717, 1.165) is 6.07 Å². The molecule has 0 radical (unpaired) electrons. The first-order chi connectivity index (χ1) is 14.5. The van der Waals surface area contributed by atoms with Gasteiger partial charge in [-0.15, -0.1) is 0 Å². The number of halogens is 4. The quantitative estimate of drug-likeness (QED) is 0.577. The van der Waals surface area contributed by atoms with Gasteiger partial charge >= 0.3 is 0 Å². The van der Waals surface area contributed by atoms with Crippen molar-refractivity contribution < 1.29 is 36.6 Å². The number of sulfone groups is 1. The number of nitrogens with one attached hydrogen (secondary N) is 1. The highest BCUT2D eigenvalue weighted by atomic mass is 35.5. The summed E-state index contributed by atoms with van der Waals surface area (Å²) in [6, 6.07) is 4.65. The maximum atomic E-state index is 13.4. The molecule has 5 rings (SSSR count). The minimum Gasteiger partial charge on any atom is -0.390 e. The Morgan fingerprint density at radius 1 is 1.06 bits per heavy atom. The highest BCUT2D eigenvalue weighted by Gasteiger charge is 2.59. The molecule has 0 spiro atoms. The van der Waals surface area contributed by atoms with Crippen LogP contribution in [0.5, 0.6) is 0 Å². The summed E-state index contributed by atoms with van der Waals surface area (Å²) >= 11 is 6.04.